The molecule has 1 atom stereocenters. The molecule has 0 saturated heterocycles. The number of rotatable bonds is 4. The zero-order valence-corrected chi connectivity index (χ0v) is 11.3. The molecule has 0 radical (unpaired) electrons. The summed E-state index contributed by atoms with van der Waals surface area (Å²) in [6.45, 7) is 3.93. The molecule has 4 heteroatoms. The van der Waals surface area contributed by atoms with Crippen molar-refractivity contribution in [3.63, 3.8) is 0 Å². The molecule has 1 aromatic carbocycles. The Kier molecular flexibility index (Phi) is 4.33. The van der Waals surface area contributed by atoms with E-state index in [0.717, 1.165) is 27.6 Å². The molecule has 1 aromatic heterocycles. The molecule has 3 nitrogen and oxygen atoms in total. The average Bonchev–Trinajstić information content (AvgIpc) is 2.41. The lowest BCUT2D eigenvalue weighted by Gasteiger charge is -2.08. The van der Waals surface area contributed by atoms with Crippen molar-refractivity contribution < 1.29 is 5.11 Å². The van der Waals surface area contributed by atoms with Crippen LogP contribution in [0, 0.1) is 6.92 Å². The summed E-state index contributed by atoms with van der Waals surface area (Å²) < 4.78 is 0. The van der Waals surface area contributed by atoms with Gasteiger partial charge in [0.25, 0.3) is 0 Å². The Morgan fingerprint density at radius 2 is 1.78 bits per heavy atom. The first kappa shape index (κ1) is 13.1. The predicted octanol–water partition coefficient (Wildman–Crippen LogP) is 3.38. The smallest absolute Gasteiger partial charge is 0.192 e. The van der Waals surface area contributed by atoms with Gasteiger partial charge in [-0.25, -0.2) is 9.97 Å². The summed E-state index contributed by atoms with van der Waals surface area (Å²) in [5, 5.41) is 10.4. The van der Waals surface area contributed by atoms with Crippen molar-refractivity contribution >= 4 is 11.8 Å². The van der Waals surface area contributed by atoms with Crippen LogP contribution in [0.4, 0.5) is 0 Å². The molecule has 0 spiro atoms. The molecule has 2 rings (SSSR count). The van der Waals surface area contributed by atoms with Crippen molar-refractivity contribution in [2.24, 2.45) is 0 Å². The number of aliphatic hydroxyl groups excluding tert-OH is 1. The van der Waals surface area contributed by atoms with Gasteiger partial charge in [-0.3, -0.25) is 0 Å². The zero-order chi connectivity index (χ0) is 13.0. The second-order valence-corrected chi connectivity index (χ2v) is 5.18. The molecule has 1 N–H and O–H groups in total. The monoisotopic (exact) mass is 260 g/mol. The van der Waals surface area contributed by atoms with Gasteiger partial charge in [-0.05, 0) is 48.4 Å². The van der Waals surface area contributed by atoms with E-state index in [2.05, 4.69) is 9.97 Å². The van der Waals surface area contributed by atoms with Gasteiger partial charge in [0.2, 0.25) is 0 Å². The van der Waals surface area contributed by atoms with Crippen LogP contribution in [0.1, 0.15) is 30.6 Å². The first-order valence-corrected chi connectivity index (χ1v) is 6.75. The van der Waals surface area contributed by atoms with Crippen LogP contribution < -0.4 is 0 Å². The normalized spacial score (nSPS) is 12.4. The van der Waals surface area contributed by atoms with Crippen molar-refractivity contribution in [1.29, 1.82) is 0 Å². The molecule has 0 amide bonds. The number of nitrogens with zero attached hydrogens (tertiary/aromatic N) is 2. The number of aromatic nitrogens is 2. The molecule has 94 valence electrons. The van der Waals surface area contributed by atoms with Gasteiger partial charge in [0.1, 0.15) is 0 Å². The predicted molar refractivity (Wildman–Crippen MR) is 72.6 cm³/mol. The molecule has 0 aliphatic carbocycles. The minimum absolute atomic E-state index is 0.375. The van der Waals surface area contributed by atoms with Crippen molar-refractivity contribution in [2.75, 3.05) is 0 Å². The molecule has 0 saturated carbocycles. The van der Waals surface area contributed by atoms with Crippen LogP contribution in [-0.2, 0) is 0 Å². The van der Waals surface area contributed by atoms with Gasteiger partial charge in [-0.1, -0.05) is 19.1 Å². The second-order valence-electron chi connectivity index (χ2n) is 4.14. The summed E-state index contributed by atoms with van der Waals surface area (Å²) in [6, 6.07) is 7.87. The Labute approximate surface area is 111 Å². The minimum Gasteiger partial charge on any atom is -0.388 e. The highest BCUT2D eigenvalue weighted by molar-refractivity contribution is 7.99. The van der Waals surface area contributed by atoms with E-state index in [4.69, 9.17) is 0 Å². The zero-order valence-electron chi connectivity index (χ0n) is 10.5. The van der Waals surface area contributed by atoms with Gasteiger partial charge >= 0.3 is 0 Å². The molecule has 0 fully saturated rings. The Balaban J connectivity index is 2.08. The van der Waals surface area contributed by atoms with Crippen LogP contribution in [0.3, 0.4) is 0 Å². The largest absolute Gasteiger partial charge is 0.388 e. The van der Waals surface area contributed by atoms with Gasteiger partial charge in [-0.15, -0.1) is 0 Å². The van der Waals surface area contributed by atoms with E-state index in [1.807, 2.05) is 50.5 Å². The standard InChI is InChI=1S/C14H16N2OS/c1-3-13(17)11-4-6-12(7-5-11)18-14-15-8-10(2)9-16-14/h4-9,13,17H,3H2,1-2H3/t13-/m0/s1. The summed E-state index contributed by atoms with van der Waals surface area (Å²) in [4.78, 5) is 9.57. The molecular formula is C14H16N2OS. The van der Waals surface area contributed by atoms with E-state index in [0.29, 0.717) is 0 Å². The third-order valence-electron chi connectivity index (χ3n) is 2.62. The van der Waals surface area contributed by atoms with E-state index in [9.17, 15) is 5.11 Å². The van der Waals surface area contributed by atoms with Crippen LogP contribution in [0.2, 0.25) is 0 Å². The summed E-state index contributed by atoms with van der Waals surface area (Å²) >= 11 is 1.52. The number of aryl methyl sites for hydroxylation is 1. The van der Waals surface area contributed by atoms with Crippen molar-refractivity contribution in [3.05, 3.63) is 47.8 Å². The lowest BCUT2D eigenvalue weighted by Crippen LogP contribution is -1.94. The maximum Gasteiger partial charge on any atom is 0.192 e. The fourth-order valence-electron chi connectivity index (χ4n) is 1.53. The molecule has 0 aliphatic rings. The van der Waals surface area contributed by atoms with Gasteiger partial charge in [0.05, 0.1) is 6.10 Å². The van der Waals surface area contributed by atoms with E-state index < -0.39 is 0 Å². The van der Waals surface area contributed by atoms with Crippen LogP contribution >= 0.6 is 11.8 Å². The second kappa shape index (κ2) is 5.98. The maximum atomic E-state index is 9.71. The number of aliphatic hydroxyl groups is 1. The van der Waals surface area contributed by atoms with Gasteiger partial charge < -0.3 is 5.11 Å². The molecule has 1 heterocycles. The molecule has 2 aromatic rings. The third-order valence-corrected chi connectivity index (χ3v) is 3.52. The van der Waals surface area contributed by atoms with Crippen LogP contribution in [-0.4, -0.2) is 15.1 Å². The summed E-state index contributed by atoms with van der Waals surface area (Å²) in [7, 11) is 0. The lowest BCUT2D eigenvalue weighted by atomic mass is 10.1. The van der Waals surface area contributed by atoms with Crippen LogP contribution in [0.25, 0.3) is 0 Å². The summed E-state index contributed by atoms with van der Waals surface area (Å²) in [6.07, 6.45) is 3.97. The maximum absolute atomic E-state index is 9.71. The molecule has 0 aliphatic heterocycles. The topological polar surface area (TPSA) is 46.0 Å². The fourth-order valence-corrected chi connectivity index (χ4v) is 2.23. The Bertz CT molecular complexity index is 496. The van der Waals surface area contributed by atoms with E-state index in [1.165, 1.54) is 11.8 Å². The summed E-state index contributed by atoms with van der Waals surface area (Å²) in [5.41, 5.74) is 2.01. The fraction of sp³-hybridized carbons (Fsp3) is 0.286. The quantitative estimate of drug-likeness (QED) is 0.856. The van der Waals surface area contributed by atoms with Gasteiger partial charge in [0.15, 0.2) is 5.16 Å². The van der Waals surface area contributed by atoms with Crippen molar-refractivity contribution in [1.82, 2.24) is 9.97 Å². The van der Waals surface area contributed by atoms with Crippen LogP contribution in [0.15, 0.2) is 46.7 Å². The highest BCUT2D eigenvalue weighted by Crippen LogP contribution is 2.26. The molecule has 18 heavy (non-hydrogen) atoms. The van der Waals surface area contributed by atoms with Crippen LogP contribution in [0.5, 0.6) is 0 Å². The highest BCUT2D eigenvalue weighted by atomic mass is 32.2. The molecule has 0 bridgehead atoms. The SMILES string of the molecule is CC[C@H](O)c1ccc(Sc2ncc(C)cn2)cc1. The van der Waals surface area contributed by atoms with Crippen molar-refractivity contribution in [2.45, 2.75) is 36.4 Å². The molecular weight excluding hydrogens is 244 g/mol. The first-order valence-electron chi connectivity index (χ1n) is 5.93. The number of hydrogen-bond donors (Lipinski definition) is 1. The summed E-state index contributed by atoms with van der Waals surface area (Å²) in [5.74, 6) is 0. The van der Waals surface area contributed by atoms with E-state index >= 15 is 0 Å². The third kappa shape index (κ3) is 3.31. The Hall–Kier alpha value is -1.39. The van der Waals surface area contributed by atoms with Gasteiger partial charge in [0, 0.05) is 17.3 Å². The first-order chi connectivity index (χ1) is 8.69. The Morgan fingerprint density at radius 1 is 1.17 bits per heavy atom. The van der Waals surface area contributed by atoms with Crippen molar-refractivity contribution in [3.8, 4) is 0 Å². The van der Waals surface area contributed by atoms with Gasteiger partial charge in [-0.2, -0.15) is 0 Å². The number of hydrogen-bond acceptors (Lipinski definition) is 4. The van der Waals surface area contributed by atoms with E-state index in [-0.39, 0.29) is 6.10 Å². The molecule has 0 unspecified atom stereocenters. The Morgan fingerprint density at radius 3 is 2.33 bits per heavy atom. The number of benzene rings is 1. The highest BCUT2D eigenvalue weighted by Gasteiger charge is 2.05. The lowest BCUT2D eigenvalue weighted by molar-refractivity contribution is 0.173. The average molecular weight is 260 g/mol. The minimum atomic E-state index is -0.375. The van der Waals surface area contributed by atoms with E-state index in [1.54, 1.807) is 0 Å².